The molecular weight excluding hydrogens is 391 g/mol. The SMILES string of the molecule is CN(C)C(=N)c1ccc(C2C=C(CNC(=O)c3ccc(Cl)s3)ON2)c(F)c1. The number of thiophene rings is 1. The first-order valence-corrected chi connectivity index (χ1v) is 9.27. The summed E-state index contributed by atoms with van der Waals surface area (Å²) in [6, 6.07) is 7.47. The van der Waals surface area contributed by atoms with Crippen LogP contribution in [0.1, 0.15) is 26.8 Å². The van der Waals surface area contributed by atoms with Gasteiger partial charge in [0.15, 0.2) is 0 Å². The molecule has 0 bridgehead atoms. The van der Waals surface area contributed by atoms with Gasteiger partial charge in [-0.15, -0.1) is 16.8 Å². The van der Waals surface area contributed by atoms with E-state index in [0.717, 1.165) is 0 Å². The van der Waals surface area contributed by atoms with Crippen LogP contribution in [0.15, 0.2) is 42.2 Å². The van der Waals surface area contributed by atoms with E-state index in [1.165, 1.54) is 17.4 Å². The van der Waals surface area contributed by atoms with Gasteiger partial charge in [0, 0.05) is 25.2 Å². The summed E-state index contributed by atoms with van der Waals surface area (Å²) in [7, 11) is 3.46. The van der Waals surface area contributed by atoms with E-state index in [0.29, 0.717) is 26.1 Å². The molecule has 1 aromatic heterocycles. The van der Waals surface area contributed by atoms with Crippen molar-refractivity contribution >= 4 is 34.7 Å². The van der Waals surface area contributed by atoms with Crippen molar-refractivity contribution in [1.82, 2.24) is 15.7 Å². The predicted molar refractivity (Wildman–Crippen MR) is 104 cm³/mol. The molecule has 6 nitrogen and oxygen atoms in total. The molecule has 0 saturated heterocycles. The van der Waals surface area contributed by atoms with E-state index in [-0.39, 0.29) is 18.3 Å². The number of nitrogens with one attached hydrogen (secondary N) is 3. The maximum atomic E-state index is 14.5. The van der Waals surface area contributed by atoms with E-state index in [9.17, 15) is 9.18 Å². The molecule has 142 valence electrons. The average molecular weight is 409 g/mol. The lowest BCUT2D eigenvalue weighted by Crippen LogP contribution is -2.25. The van der Waals surface area contributed by atoms with Gasteiger partial charge in [0.05, 0.1) is 21.8 Å². The number of halogens is 2. The van der Waals surface area contributed by atoms with Gasteiger partial charge in [-0.25, -0.2) is 4.39 Å². The summed E-state index contributed by atoms with van der Waals surface area (Å²) in [4.78, 5) is 19.5. The minimum absolute atomic E-state index is 0.169. The van der Waals surface area contributed by atoms with Gasteiger partial charge in [-0.2, -0.15) is 0 Å². The minimum Gasteiger partial charge on any atom is -0.411 e. The monoisotopic (exact) mass is 408 g/mol. The number of amides is 1. The molecule has 2 aromatic rings. The number of hydrogen-bond donors (Lipinski definition) is 3. The fourth-order valence-electron chi connectivity index (χ4n) is 2.52. The molecule has 1 amide bonds. The van der Waals surface area contributed by atoms with Gasteiger partial charge < -0.3 is 15.1 Å². The fraction of sp³-hybridized carbons (Fsp3) is 0.222. The van der Waals surface area contributed by atoms with Crippen LogP contribution in [0, 0.1) is 11.2 Å². The lowest BCUT2D eigenvalue weighted by atomic mass is 10.0. The third-order valence-electron chi connectivity index (χ3n) is 3.95. The van der Waals surface area contributed by atoms with Crippen molar-refractivity contribution in [1.29, 1.82) is 5.41 Å². The molecule has 1 aliphatic heterocycles. The van der Waals surface area contributed by atoms with Crippen molar-refractivity contribution in [2.75, 3.05) is 20.6 Å². The van der Waals surface area contributed by atoms with Crippen molar-refractivity contribution in [3.05, 3.63) is 68.3 Å². The normalized spacial score (nSPS) is 15.9. The molecule has 1 aromatic carbocycles. The first-order valence-electron chi connectivity index (χ1n) is 8.07. The van der Waals surface area contributed by atoms with Crippen LogP contribution in [0.3, 0.4) is 0 Å². The lowest BCUT2D eigenvalue weighted by molar-refractivity contribution is 0.0914. The fourth-order valence-corrected chi connectivity index (χ4v) is 3.48. The third-order valence-corrected chi connectivity index (χ3v) is 5.18. The topological polar surface area (TPSA) is 77.5 Å². The van der Waals surface area contributed by atoms with E-state index >= 15 is 0 Å². The minimum atomic E-state index is -0.476. The quantitative estimate of drug-likeness (QED) is 0.524. The second kappa shape index (κ2) is 8.08. The Kier molecular flexibility index (Phi) is 5.79. The second-order valence-corrected chi connectivity index (χ2v) is 7.81. The Balaban J connectivity index is 1.65. The highest BCUT2D eigenvalue weighted by Gasteiger charge is 2.23. The highest BCUT2D eigenvalue weighted by molar-refractivity contribution is 7.17. The highest BCUT2D eigenvalue weighted by Crippen LogP contribution is 2.26. The van der Waals surface area contributed by atoms with Crippen LogP contribution < -0.4 is 10.8 Å². The van der Waals surface area contributed by atoms with Crippen LogP contribution in [0.2, 0.25) is 4.34 Å². The Hall–Kier alpha value is -2.42. The molecule has 3 rings (SSSR count). The Morgan fingerprint density at radius 1 is 1.41 bits per heavy atom. The number of carbonyl (C=O) groups is 1. The van der Waals surface area contributed by atoms with Gasteiger partial charge in [-0.05, 0) is 24.3 Å². The Bertz CT molecular complexity index is 913. The molecular formula is C18H18ClFN4O2S. The van der Waals surface area contributed by atoms with Gasteiger partial charge in [0.25, 0.3) is 5.91 Å². The Labute approximate surface area is 165 Å². The zero-order valence-electron chi connectivity index (χ0n) is 14.7. The van der Waals surface area contributed by atoms with Crippen LogP contribution in [-0.2, 0) is 4.84 Å². The summed E-state index contributed by atoms with van der Waals surface area (Å²) >= 11 is 7.01. The van der Waals surface area contributed by atoms with Gasteiger partial charge in [0.1, 0.15) is 17.4 Å². The van der Waals surface area contributed by atoms with Crippen molar-refractivity contribution in [3.8, 4) is 0 Å². The summed E-state index contributed by atoms with van der Waals surface area (Å²) in [6.07, 6.45) is 1.71. The first kappa shape index (κ1) is 19.3. The molecule has 0 fully saturated rings. The molecule has 27 heavy (non-hydrogen) atoms. The summed E-state index contributed by atoms with van der Waals surface area (Å²) in [5.74, 6) is 0.0248. The molecule has 0 saturated carbocycles. The number of rotatable bonds is 5. The maximum absolute atomic E-state index is 14.5. The van der Waals surface area contributed by atoms with Crippen LogP contribution in [0.25, 0.3) is 0 Å². The van der Waals surface area contributed by atoms with E-state index in [2.05, 4.69) is 10.8 Å². The second-order valence-electron chi connectivity index (χ2n) is 6.10. The smallest absolute Gasteiger partial charge is 0.261 e. The summed E-state index contributed by atoms with van der Waals surface area (Å²) < 4.78 is 15.0. The van der Waals surface area contributed by atoms with E-state index in [1.54, 1.807) is 49.3 Å². The highest BCUT2D eigenvalue weighted by atomic mass is 35.5. The maximum Gasteiger partial charge on any atom is 0.261 e. The van der Waals surface area contributed by atoms with Gasteiger partial charge in [-0.1, -0.05) is 23.7 Å². The number of hydroxylamine groups is 1. The molecule has 9 heteroatoms. The summed E-state index contributed by atoms with van der Waals surface area (Å²) in [5.41, 5.74) is 3.63. The number of amidine groups is 1. The summed E-state index contributed by atoms with van der Waals surface area (Å²) in [5, 5.41) is 10.6. The van der Waals surface area contributed by atoms with Gasteiger partial charge in [-0.3, -0.25) is 10.2 Å². The summed E-state index contributed by atoms with van der Waals surface area (Å²) in [6.45, 7) is 0.169. The largest absolute Gasteiger partial charge is 0.411 e. The average Bonchev–Trinajstić information content (AvgIpc) is 3.28. The van der Waals surface area contributed by atoms with Crippen LogP contribution in [-0.4, -0.2) is 37.3 Å². The van der Waals surface area contributed by atoms with Crippen LogP contribution in [0.5, 0.6) is 0 Å². The van der Waals surface area contributed by atoms with Gasteiger partial charge >= 0.3 is 0 Å². The molecule has 0 spiro atoms. The molecule has 1 unspecified atom stereocenters. The van der Waals surface area contributed by atoms with E-state index in [1.807, 2.05) is 0 Å². The zero-order chi connectivity index (χ0) is 19.6. The number of carbonyl (C=O) groups excluding carboxylic acids is 1. The first-order chi connectivity index (χ1) is 12.8. The third kappa shape index (κ3) is 4.47. The Morgan fingerprint density at radius 2 is 2.19 bits per heavy atom. The van der Waals surface area contributed by atoms with Crippen molar-refractivity contribution in [2.45, 2.75) is 6.04 Å². The van der Waals surface area contributed by atoms with Gasteiger partial charge in [0.2, 0.25) is 0 Å². The predicted octanol–water partition coefficient (Wildman–Crippen LogP) is 3.32. The van der Waals surface area contributed by atoms with Crippen molar-refractivity contribution in [3.63, 3.8) is 0 Å². The molecule has 1 aliphatic rings. The number of hydrogen-bond acceptors (Lipinski definition) is 5. The number of benzene rings is 1. The van der Waals surface area contributed by atoms with E-state index < -0.39 is 11.9 Å². The molecule has 3 N–H and O–H groups in total. The van der Waals surface area contributed by atoms with Crippen LogP contribution >= 0.6 is 22.9 Å². The molecule has 1 atom stereocenters. The lowest BCUT2D eigenvalue weighted by Gasteiger charge is -2.15. The molecule has 0 aliphatic carbocycles. The number of nitrogens with zero attached hydrogens (tertiary/aromatic N) is 1. The van der Waals surface area contributed by atoms with Crippen LogP contribution in [0.4, 0.5) is 4.39 Å². The van der Waals surface area contributed by atoms with Crippen molar-refractivity contribution in [2.24, 2.45) is 0 Å². The molecule has 2 heterocycles. The molecule has 0 radical (unpaired) electrons. The van der Waals surface area contributed by atoms with E-state index in [4.69, 9.17) is 21.8 Å². The zero-order valence-corrected chi connectivity index (χ0v) is 16.2. The van der Waals surface area contributed by atoms with Crippen molar-refractivity contribution < 1.29 is 14.0 Å². The Morgan fingerprint density at radius 3 is 2.81 bits per heavy atom. The standard InChI is InChI=1S/C18H18ClFN4O2S/c1-24(2)17(21)10-3-4-12(13(20)7-10)14-8-11(26-23-14)9-22-18(25)15-5-6-16(19)27-15/h3-8,14,21,23H,9H2,1-2H3,(H,22,25).